The first-order chi connectivity index (χ1) is 9.13. The summed E-state index contributed by atoms with van der Waals surface area (Å²) in [6.07, 6.45) is 4.06. The lowest BCUT2D eigenvalue weighted by atomic mass is 10.1. The van der Waals surface area contributed by atoms with Crippen LogP contribution in [-0.4, -0.2) is 25.7 Å². The Labute approximate surface area is 132 Å². The van der Waals surface area contributed by atoms with Gasteiger partial charge in [0.15, 0.2) is 0 Å². The Hall–Kier alpha value is -0.0600. The summed E-state index contributed by atoms with van der Waals surface area (Å²) in [6, 6.07) is 5.23. The van der Waals surface area contributed by atoms with Crippen LogP contribution < -0.4 is 10.2 Å². The normalized spacial score (nSPS) is 23.1. The van der Waals surface area contributed by atoms with Crippen LogP contribution in [0.5, 0.6) is 0 Å². The minimum atomic E-state index is 0.792. The summed E-state index contributed by atoms with van der Waals surface area (Å²) in [4.78, 5) is 2.51. The third-order valence-corrected chi connectivity index (χ3v) is 5.24. The molecule has 1 saturated heterocycles. The van der Waals surface area contributed by atoms with Crippen LogP contribution in [-0.2, 0) is 0 Å². The van der Waals surface area contributed by atoms with Crippen LogP contribution in [0.3, 0.4) is 0 Å². The third kappa shape index (κ3) is 3.34. The van der Waals surface area contributed by atoms with Crippen molar-refractivity contribution >= 4 is 37.5 Å². The van der Waals surface area contributed by atoms with Gasteiger partial charge in [0.2, 0.25) is 0 Å². The van der Waals surface area contributed by atoms with E-state index in [1.165, 1.54) is 52.5 Å². The number of halogens is 2. The first kappa shape index (κ1) is 13.9. The maximum atomic E-state index is 3.71. The van der Waals surface area contributed by atoms with Crippen molar-refractivity contribution in [2.24, 2.45) is 5.92 Å². The summed E-state index contributed by atoms with van der Waals surface area (Å²) < 4.78 is 2.41. The zero-order valence-electron chi connectivity index (χ0n) is 11.3. The van der Waals surface area contributed by atoms with Crippen molar-refractivity contribution in [3.63, 3.8) is 0 Å². The average molecular weight is 388 g/mol. The van der Waals surface area contributed by atoms with E-state index in [0.29, 0.717) is 0 Å². The molecule has 1 aliphatic heterocycles. The largest absolute Gasteiger partial charge is 0.369 e. The topological polar surface area (TPSA) is 15.3 Å². The molecule has 1 heterocycles. The number of nitrogens with one attached hydrogen (secondary N) is 1. The highest BCUT2D eigenvalue weighted by molar-refractivity contribution is 9.11. The Morgan fingerprint density at radius 2 is 1.89 bits per heavy atom. The van der Waals surface area contributed by atoms with E-state index in [1.54, 1.807) is 0 Å². The predicted octanol–water partition coefficient (Wildman–Crippen LogP) is 4.10. The van der Waals surface area contributed by atoms with Gasteiger partial charge < -0.3 is 10.2 Å². The van der Waals surface area contributed by atoms with Gasteiger partial charge in [0.1, 0.15) is 0 Å². The summed E-state index contributed by atoms with van der Waals surface area (Å²) in [7, 11) is 0. The highest BCUT2D eigenvalue weighted by atomic mass is 79.9. The van der Waals surface area contributed by atoms with Gasteiger partial charge in [-0.25, -0.2) is 0 Å². The summed E-state index contributed by atoms with van der Waals surface area (Å²) in [5.41, 5.74) is 2.60. The second-order valence-corrected chi connectivity index (χ2v) is 7.57. The van der Waals surface area contributed by atoms with E-state index in [4.69, 9.17) is 0 Å². The van der Waals surface area contributed by atoms with E-state index >= 15 is 0 Å². The van der Waals surface area contributed by atoms with Gasteiger partial charge in [0, 0.05) is 28.1 Å². The van der Waals surface area contributed by atoms with E-state index in [0.717, 1.165) is 18.5 Å². The van der Waals surface area contributed by atoms with Crippen molar-refractivity contribution in [2.45, 2.75) is 32.2 Å². The molecule has 1 aliphatic carbocycles. The fraction of sp³-hybridized carbons (Fsp3) is 0.600. The van der Waals surface area contributed by atoms with Gasteiger partial charge in [0.25, 0.3) is 0 Å². The van der Waals surface area contributed by atoms with Crippen molar-refractivity contribution in [2.75, 3.05) is 24.5 Å². The van der Waals surface area contributed by atoms with Crippen LogP contribution in [0.1, 0.15) is 24.8 Å². The Balaban J connectivity index is 1.66. The molecule has 1 N–H and O–H groups in total. The minimum absolute atomic E-state index is 0.792. The van der Waals surface area contributed by atoms with Crippen LogP contribution in [0.25, 0.3) is 0 Å². The third-order valence-electron chi connectivity index (χ3n) is 4.04. The molecule has 1 aromatic rings. The number of benzene rings is 1. The summed E-state index contributed by atoms with van der Waals surface area (Å²) in [5, 5.41) is 3.66. The highest BCUT2D eigenvalue weighted by Gasteiger charge is 2.27. The van der Waals surface area contributed by atoms with Gasteiger partial charge in [-0.2, -0.15) is 0 Å². The van der Waals surface area contributed by atoms with Crippen LogP contribution >= 0.6 is 31.9 Å². The summed E-state index contributed by atoms with van der Waals surface area (Å²) in [6.45, 7) is 5.64. The molecule has 4 heteroatoms. The molecule has 0 radical (unpaired) electrons. The predicted molar refractivity (Wildman–Crippen MR) is 87.9 cm³/mol. The first-order valence-electron chi connectivity index (χ1n) is 7.07. The van der Waals surface area contributed by atoms with Crippen LogP contribution in [0.2, 0.25) is 0 Å². The van der Waals surface area contributed by atoms with Gasteiger partial charge in [0.05, 0.1) is 5.69 Å². The van der Waals surface area contributed by atoms with Crippen molar-refractivity contribution in [3.05, 3.63) is 26.6 Å². The number of hydrogen-bond acceptors (Lipinski definition) is 2. The molecule has 104 valence electrons. The maximum Gasteiger partial charge on any atom is 0.0655 e. The van der Waals surface area contributed by atoms with Crippen molar-refractivity contribution in [1.29, 1.82) is 0 Å². The molecule has 0 aromatic heterocycles. The van der Waals surface area contributed by atoms with Gasteiger partial charge in [-0.3, -0.25) is 0 Å². The molecule has 0 amide bonds. The van der Waals surface area contributed by atoms with Gasteiger partial charge >= 0.3 is 0 Å². The Morgan fingerprint density at radius 3 is 2.53 bits per heavy atom. The molecule has 1 unspecified atom stereocenters. The first-order valence-corrected chi connectivity index (χ1v) is 8.66. The van der Waals surface area contributed by atoms with Crippen molar-refractivity contribution in [3.8, 4) is 0 Å². The molecular weight excluding hydrogens is 368 g/mol. The average Bonchev–Trinajstić information content (AvgIpc) is 3.05. The molecular formula is C15H20Br2N2. The minimum Gasteiger partial charge on any atom is -0.369 e. The van der Waals surface area contributed by atoms with Gasteiger partial charge in [-0.05, 0) is 88.2 Å². The highest BCUT2D eigenvalue weighted by Crippen LogP contribution is 2.38. The SMILES string of the molecule is Cc1cc(Br)c(N2CCC(CNC3CC3)C2)c(Br)c1. The van der Waals surface area contributed by atoms with Crippen molar-refractivity contribution in [1.82, 2.24) is 5.32 Å². The monoisotopic (exact) mass is 386 g/mol. The molecule has 2 aliphatic rings. The summed E-state index contributed by atoms with van der Waals surface area (Å²) >= 11 is 7.43. The molecule has 2 nitrogen and oxygen atoms in total. The van der Waals surface area contributed by atoms with E-state index in [9.17, 15) is 0 Å². The lowest BCUT2D eigenvalue weighted by Gasteiger charge is -2.22. The lowest BCUT2D eigenvalue weighted by Crippen LogP contribution is -2.27. The number of hydrogen-bond donors (Lipinski definition) is 1. The molecule has 0 spiro atoms. The molecule has 1 atom stereocenters. The second kappa shape index (κ2) is 5.74. The van der Waals surface area contributed by atoms with E-state index in [-0.39, 0.29) is 0 Å². The lowest BCUT2D eigenvalue weighted by molar-refractivity contribution is 0.515. The zero-order chi connectivity index (χ0) is 13.4. The Bertz CT molecular complexity index is 448. The molecule has 1 aromatic carbocycles. The number of aryl methyl sites for hydroxylation is 1. The number of anilines is 1. The van der Waals surface area contributed by atoms with Crippen LogP contribution in [0.4, 0.5) is 5.69 Å². The zero-order valence-corrected chi connectivity index (χ0v) is 14.4. The van der Waals surface area contributed by atoms with E-state index < -0.39 is 0 Å². The fourth-order valence-electron chi connectivity index (χ4n) is 2.82. The van der Waals surface area contributed by atoms with Gasteiger partial charge in [-0.15, -0.1) is 0 Å². The molecule has 2 fully saturated rings. The van der Waals surface area contributed by atoms with Crippen LogP contribution in [0.15, 0.2) is 21.1 Å². The Morgan fingerprint density at radius 1 is 1.21 bits per heavy atom. The smallest absolute Gasteiger partial charge is 0.0655 e. The molecule has 19 heavy (non-hydrogen) atoms. The van der Waals surface area contributed by atoms with Crippen molar-refractivity contribution < 1.29 is 0 Å². The fourth-order valence-corrected chi connectivity index (χ4v) is 4.73. The second-order valence-electron chi connectivity index (χ2n) is 5.86. The quantitative estimate of drug-likeness (QED) is 0.836. The van der Waals surface area contributed by atoms with E-state index in [2.05, 4.69) is 61.1 Å². The van der Waals surface area contributed by atoms with Gasteiger partial charge in [-0.1, -0.05) is 0 Å². The Kier molecular flexibility index (Phi) is 4.20. The number of nitrogens with zero attached hydrogens (tertiary/aromatic N) is 1. The maximum absolute atomic E-state index is 3.71. The molecule has 1 saturated carbocycles. The summed E-state index contributed by atoms with van der Waals surface area (Å²) in [5.74, 6) is 0.792. The molecule has 0 bridgehead atoms. The standard InChI is InChI=1S/C15H20Br2N2/c1-10-6-13(16)15(14(17)7-10)19-5-4-11(9-19)8-18-12-2-3-12/h6-7,11-12,18H,2-5,8-9H2,1H3. The van der Waals surface area contributed by atoms with Crippen LogP contribution in [0, 0.1) is 12.8 Å². The number of rotatable bonds is 4. The van der Waals surface area contributed by atoms with E-state index in [1.807, 2.05) is 0 Å². The molecule has 3 rings (SSSR count).